The third kappa shape index (κ3) is 3.71. The first-order chi connectivity index (χ1) is 16.6. The molecule has 4 aromatic rings. The van der Waals surface area contributed by atoms with Gasteiger partial charge in [-0.15, -0.1) is 0 Å². The molecule has 1 aliphatic carbocycles. The van der Waals surface area contributed by atoms with Gasteiger partial charge in [0.2, 0.25) is 5.96 Å². The molecule has 4 aromatic carbocycles. The fraction of sp³-hybridized carbons (Fsp3) is 0.103. The fourth-order valence-electron chi connectivity index (χ4n) is 5.08. The van der Waals surface area contributed by atoms with E-state index in [0.717, 1.165) is 28.7 Å². The van der Waals surface area contributed by atoms with Crippen LogP contribution in [0.5, 0.6) is 0 Å². The summed E-state index contributed by atoms with van der Waals surface area (Å²) in [4.78, 5) is 18.3. The van der Waals surface area contributed by atoms with E-state index in [2.05, 4.69) is 71.9 Å². The lowest BCUT2D eigenvalue weighted by atomic mass is 9.65. The van der Waals surface area contributed by atoms with Crippen LogP contribution < -0.4 is 11.5 Å². The molecule has 0 radical (unpaired) electrons. The maximum atomic E-state index is 13.2. The molecule has 5 nitrogen and oxygen atoms in total. The van der Waals surface area contributed by atoms with Gasteiger partial charge in [-0.3, -0.25) is 0 Å². The third-order valence-corrected chi connectivity index (χ3v) is 6.45. The second kappa shape index (κ2) is 8.87. The molecule has 0 amide bonds. The highest BCUT2D eigenvalue weighted by Gasteiger charge is 2.41. The number of hydrogen-bond donors (Lipinski definition) is 2. The zero-order valence-electron chi connectivity index (χ0n) is 18.6. The van der Waals surface area contributed by atoms with Gasteiger partial charge in [0.25, 0.3) is 0 Å². The number of benzene rings is 4. The van der Waals surface area contributed by atoms with Crippen molar-refractivity contribution in [2.24, 2.45) is 16.6 Å². The molecule has 0 bridgehead atoms. The number of guanidine groups is 1. The highest BCUT2D eigenvalue weighted by molar-refractivity contribution is 5.97. The van der Waals surface area contributed by atoms with E-state index < -0.39 is 11.4 Å². The lowest BCUT2D eigenvalue weighted by molar-refractivity contribution is -0.144. The summed E-state index contributed by atoms with van der Waals surface area (Å²) in [7, 11) is 0. The monoisotopic (exact) mass is 447 g/mol. The summed E-state index contributed by atoms with van der Waals surface area (Å²) >= 11 is 0. The Balaban J connectivity index is 1.83. The fourth-order valence-corrected chi connectivity index (χ4v) is 5.08. The van der Waals surface area contributed by atoms with Crippen LogP contribution in [0.3, 0.4) is 0 Å². The van der Waals surface area contributed by atoms with Crippen LogP contribution in [-0.4, -0.2) is 11.9 Å². The minimum atomic E-state index is -0.823. The minimum absolute atomic E-state index is 0.0202. The lowest BCUT2D eigenvalue weighted by Gasteiger charge is -2.37. The molecule has 34 heavy (non-hydrogen) atoms. The lowest BCUT2D eigenvalue weighted by Crippen LogP contribution is -2.34. The molecule has 1 aliphatic rings. The number of rotatable bonds is 6. The molecule has 5 heteroatoms. The smallest absolute Gasteiger partial charge is 0.336 e. The van der Waals surface area contributed by atoms with Crippen LogP contribution in [0.2, 0.25) is 0 Å². The molecule has 0 atom stereocenters. The van der Waals surface area contributed by atoms with Crippen LogP contribution in [0.1, 0.15) is 34.2 Å². The van der Waals surface area contributed by atoms with Crippen molar-refractivity contribution in [1.82, 2.24) is 0 Å². The SMILES string of the molecule is NC(N)=NOC(=O)CC(c1ccccc1)(c1ccccc1)c1ccc2cccc3c2c1C=CC3. The summed E-state index contributed by atoms with van der Waals surface area (Å²) in [5.74, 6) is -0.826. The Hall–Kier alpha value is -4.38. The molecular formula is C29H25N3O2. The first kappa shape index (κ1) is 21.5. The van der Waals surface area contributed by atoms with Gasteiger partial charge in [0.1, 0.15) is 0 Å². The van der Waals surface area contributed by atoms with Crippen molar-refractivity contribution in [2.45, 2.75) is 18.3 Å². The second-order valence-electron chi connectivity index (χ2n) is 8.44. The van der Waals surface area contributed by atoms with E-state index >= 15 is 0 Å². The number of nitrogens with two attached hydrogens (primary N) is 2. The Bertz CT molecular complexity index is 1370. The van der Waals surface area contributed by atoms with E-state index in [4.69, 9.17) is 16.3 Å². The molecule has 0 aliphatic heterocycles. The zero-order chi connectivity index (χ0) is 23.5. The second-order valence-corrected chi connectivity index (χ2v) is 8.44. The summed E-state index contributed by atoms with van der Waals surface area (Å²) in [5.41, 5.74) is 15.4. The number of hydrogen-bond acceptors (Lipinski definition) is 3. The number of carbonyl (C=O) groups is 1. The van der Waals surface area contributed by atoms with Crippen molar-refractivity contribution >= 4 is 28.8 Å². The minimum Gasteiger partial charge on any atom is -0.367 e. The largest absolute Gasteiger partial charge is 0.367 e. The van der Waals surface area contributed by atoms with Gasteiger partial charge in [-0.2, -0.15) is 0 Å². The van der Waals surface area contributed by atoms with Crippen LogP contribution in [0, 0.1) is 0 Å². The summed E-state index contributed by atoms with van der Waals surface area (Å²) in [6.45, 7) is 0. The molecule has 0 spiro atoms. The molecule has 0 unspecified atom stereocenters. The van der Waals surface area contributed by atoms with E-state index in [1.165, 1.54) is 16.3 Å². The molecule has 5 rings (SSSR count). The molecule has 0 heterocycles. The highest BCUT2D eigenvalue weighted by atomic mass is 16.7. The summed E-state index contributed by atoms with van der Waals surface area (Å²) in [5, 5.41) is 5.91. The van der Waals surface area contributed by atoms with Crippen molar-refractivity contribution < 1.29 is 9.63 Å². The maximum absolute atomic E-state index is 13.2. The van der Waals surface area contributed by atoms with Crippen molar-refractivity contribution in [3.05, 3.63) is 125 Å². The van der Waals surface area contributed by atoms with Gasteiger partial charge in [-0.05, 0) is 50.2 Å². The average Bonchev–Trinajstić information content (AvgIpc) is 2.88. The summed E-state index contributed by atoms with van der Waals surface area (Å²) in [6, 6.07) is 30.8. The number of oxime groups is 1. The Labute approximate surface area is 198 Å². The van der Waals surface area contributed by atoms with Gasteiger partial charge in [0.05, 0.1) is 11.8 Å². The zero-order valence-corrected chi connectivity index (χ0v) is 18.6. The predicted molar refractivity (Wildman–Crippen MR) is 136 cm³/mol. The van der Waals surface area contributed by atoms with Crippen LogP contribution in [-0.2, 0) is 21.5 Å². The molecule has 0 fully saturated rings. The van der Waals surface area contributed by atoms with Crippen LogP contribution >= 0.6 is 0 Å². The summed E-state index contributed by atoms with van der Waals surface area (Å²) < 4.78 is 0. The van der Waals surface area contributed by atoms with Gasteiger partial charge in [0.15, 0.2) is 0 Å². The van der Waals surface area contributed by atoms with Gasteiger partial charge < -0.3 is 16.3 Å². The Kier molecular flexibility index (Phi) is 5.60. The van der Waals surface area contributed by atoms with E-state index in [9.17, 15) is 4.79 Å². The average molecular weight is 448 g/mol. The van der Waals surface area contributed by atoms with E-state index in [1.54, 1.807) is 0 Å². The van der Waals surface area contributed by atoms with E-state index in [-0.39, 0.29) is 12.4 Å². The number of nitrogens with zero attached hydrogens (tertiary/aromatic N) is 1. The van der Waals surface area contributed by atoms with Gasteiger partial charge in [0, 0.05) is 0 Å². The maximum Gasteiger partial charge on any atom is 0.336 e. The number of carbonyl (C=O) groups excluding carboxylic acids is 1. The normalized spacial score (nSPS) is 12.4. The van der Waals surface area contributed by atoms with Crippen molar-refractivity contribution in [3.8, 4) is 0 Å². The van der Waals surface area contributed by atoms with Crippen LogP contribution in [0.4, 0.5) is 0 Å². The standard InChI is InChI=1S/C29H25N3O2/c30-28(31)32-34-26(33)19-29(22-12-3-1-4-13-22,23-14-5-2-6-15-23)25-18-17-21-10-7-9-20-11-8-16-24(25)27(20)21/h1-10,12-18H,11,19H2,(H4,30,31,32). The molecule has 0 saturated heterocycles. The van der Waals surface area contributed by atoms with Crippen molar-refractivity contribution in [3.63, 3.8) is 0 Å². The predicted octanol–water partition coefficient (Wildman–Crippen LogP) is 4.87. The third-order valence-electron chi connectivity index (χ3n) is 6.45. The van der Waals surface area contributed by atoms with Gasteiger partial charge >= 0.3 is 5.97 Å². The molecule has 0 saturated carbocycles. The van der Waals surface area contributed by atoms with E-state index in [0.29, 0.717) is 0 Å². The molecule has 0 aromatic heterocycles. The Morgan fingerprint density at radius 2 is 1.53 bits per heavy atom. The summed E-state index contributed by atoms with van der Waals surface area (Å²) in [6.07, 6.45) is 5.25. The van der Waals surface area contributed by atoms with Crippen LogP contribution in [0.15, 0.2) is 102 Å². The van der Waals surface area contributed by atoms with Crippen molar-refractivity contribution in [1.29, 1.82) is 0 Å². The Morgan fingerprint density at radius 3 is 2.18 bits per heavy atom. The first-order valence-corrected chi connectivity index (χ1v) is 11.2. The molecule has 168 valence electrons. The highest BCUT2D eigenvalue weighted by Crippen LogP contribution is 2.46. The van der Waals surface area contributed by atoms with Gasteiger partial charge in [-0.25, -0.2) is 4.79 Å². The first-order valence-electron chi connectivity index (χ1n) is 11.2. The topological polar surface area (TPSA) is 90.7 Å². The Morgan fingerprint density at radius 1 is 0.853 bits per heavy atom. The molecule has 4 N–H and O–H groups in total. The van der Waals surface area contributed by atoms with Crippen molar-refractivity contribution in [2.75, 3.05) is 0 Å². The van der Waals surface area contributed by atoms with Gasteiger partial charge in [-0.1, -0.05) is 103 Å². The number of allylic oxidation sites excluding steroid dienone is 1. The van der Waals surface area contributed by atoms with Crippen LogP contribution in [0.25, 0.3) is 16.8 Å². The van der Waals surface area contributed by atoms with E-state index in [1.807, 2.05) is 36.4 Å². The molecular weight excluding hydrogens is 422 g/mol. The quantitative estimate of drug-likeness (QED) is 0.145.